The Morgan fingerprint density at radius 2 is 2.21 bits per heavy atom. The molecule has 5 nitrogen and oxygen atoms in total. The van der Waals surface area contributed by atoms with E-state index in [2.05, 4.69) is 0 Å². The number of hydrogen-bond donors (Lipinski definition) is 0. The fourth-order valence-corrected chi connectivity index (χ4v) is 2.33. The summed E-state index contributed by atoms with van der Waals surface area (Å²) in [6.07, 6.45) is 0. The first-order valence-electron chi connectivity index (χ1n) is 6.04. The van der Waals surface area contributed by atoms with E-state index < -0.39 is 17.8 Å². The van der Waals surface area contributed by atoms with E-state index in [1.807, 2.05) is 12.1 Å². The molecular weight excluding hydrogens is 244 g/mol. The van der Waals surface area contributed by atoms with Crippen molar-refractivity contribution >= 4 is 17.6 Å². The van der Waals surface area contributed by atoms with Gasteiger partial charge in [0.15, 0.2) is 5.92 Å². The van der Waals surface area contributed by atoms with Crippen molar-refractivity contribution in [2.75, 3.05) is 18.6 Å². The number of esters is 1. The summed E-state index contributed by atoms with van der Waals surface area (Å²) in [5.74, 6) is -2.77. The normalized spacial score (nSPS) is 18.7. The molecule has 1 aliphatic heterocycles. The smallest absolute Gasteiger partial charge is 0.324 e. The number of fused-ring (bicyclic) bond motifs is 1. The molecule has 0 saturated carbocycles. The number of nitriles is 1. The zero-order valence-corrected chi connectivity index (χ0v) is 10.8. The van der Waals surface area contributed by atoms with Crippen molar-refractivity contribution in [3.63, 3.8) is 0 Å². The van der Waals surface area contributed by atoms with Gasteiger partial charge in [-0.2, -0.15) is 5.26 Å². The van der Waals surface area contributed by atoms with Gasteiger partial charge < -0.3 is 9.64 Å². The van der Waals surface area contributed by atoms with Crippen LogP contribution in [0.15, 0.2) is 24.3 Å². The Kier molecular flexibility index (Phi) is 3.52. The SMILES string of the molecule is CCOC(=O)[C@H](C#N)[C@@H]1C(=O)N(C)c2ccccc21. The lowest BCUT2D eigenvalue weighted by Crippen LogP contribution is -2.31. The highest BCUT2D eigenvalue weighted by molar-refractivity contribution is 6.07. The monoisotopic (exact) mass is 258 g/mol. The minimum absolute atomic E-state index is 0.190. The van der Waals surface area contributed by atoms with E-state index >= 15 is 0 Å². The largest absolute Gasteiger partial charge is 0.465 e. The van der Waals surface area contributed by atoms with Crippen LogP contribution < -0.4 is 4.90 Å². The summed E-state index contributed by atoms with van der Waals surface area (Å²) in [5, 5.41) is 9.19. The fourth-order valence-electron chi connectivity index (χ4n) is 2.33. The number of carbonyl (C=O) groups is 2. The number of carbonyl (C=O) groups excluding carboxylic acids is 2. The molecule has 0 aromatic heterocycles. The van der Waals surface area contributed by atoms with Crippen LogP contribution in [0.5, 0.6) is 0 Å². The molecule has 19 heavy (non-hydrogen) atoms. The highest BCUT2D eigenvalue weighted by atomic mass is 16.5. The summed E-state index contributed by atoms with van der Waals surface area (Å²) in [6.45, 7) is 1.86. The van der Waals surface area contributed by atoms with Crippen molar-refractivity contribution in [1.82, 2.24) is 0 Å². The van der Waals surface area contributed by atoms with Crippen LogP contribution in [-0.4, -0.2) is 25.5 Å². The number of amides is 1. The van der Waals surface area contributed by atoms with E-state index in [0.717, 1.165) is 5.69 Å². The Morgan fingerprint density at radius 3 is 2.84 bits per heavy atom. The second-order valence-corrected chi connectivity index (χ2v) is 4.29. The predicted octanol–water partition coefficient (Wildman–Crippen LogP) is 1.45. The molecule has 0 fully saturated rings. The van der Waals surface area contributed by atoms with Gasteiger partial charge in [0.25, 0.3) is 0 Å². The molecule has 1 aliphatic rings. The van der Waals surface area contributed by atoms with Crippen molar-refractivity contribution in [2.24, 2.45) is 5.92 Å². The van der Waals surface area contributed by atoms with Crippen molar-refractivity contribution in [3.8, 4) is 6.07 Å². The molecule has 2 atom stereocenters. The average molecular weight is 258 g/mol. The van der Waals surface area contributed by atoms with Gasteiger partial charge in [0, 0.05) is 12.7 Å². The van der Waals surface area contributed by atoms with Crippen LogP contribution in [0.4, 0.5) is 5.69 Å². The number of benzene rings is 1. The molecule has 0 unspecified atom stereocenters. The van der Waals surface area contributed by atoms with Crippen LogP contribution in [-0.2, 0) is 14.3 Å². The van der Waals surface area contributed by atoms with Crippen LogP contribution in [0.25, 0.3) is 0 Å². The van der Waals surface area contributed by atoms with E-state index in [1.165, 1.54) is 4.90 Å². The zero-order chi connectivity index (χ0) is 14.0. The number of anilines is 1. The lowest BCUT2D eigenvalue weighted by Gasteiger charge is -2.15. The van der Waals surface area contributed by atoms with Gasteiger partial charge >= 0.3 is 5.97 Å². The van der Waals surface area contributed by atoms with E-state index in [0.29, 0.717) is 5.56 Å². The van der Waals surface area contributed by atoms with E-state index in [9.17, 15) is 14.9 Å². The van der Waals surface area contributed by atoms with E-state index in [1.54, 1.807) is 32.2 Å². The van der Waals surface area contributed by atoms with Gasteiger partial charge in [0.1, 0.15) is 0 Å². The van der Waals surface area contributed by atoms with Crippen LogP contribution in [0, 0.1) is 17.2 Å². The van der Waals surface area contributed by atoms with Gasteiger partial charge in [0.05, 0.1) is 18.6 Å². The number of nitrogens with zero attached hydrogens (tertiary/aromatic N) is 2. The first-order valence-corrected chi connectivity index (χ1v) is 6.04. The minimum atomic E-state index is -1.10. The third kappa shape index (κ3) is 2.06. The second kappa shape index (κ2) is 5.11. The molecule has 0 saturated heterocycles. The maximum Gasteiger partial charge on any atom is 0.324 e. The van der Waals surface area contributed by atoms with Gasteiger partial charge in [-0.15, -0.1) is 0 Å². The Morgan fingerprint density at radius 1 is 1.53 bits per heavy atom. The van der Waals surface area contributed by atoms with E-state index in [-0.39, 0.29) is 12.5 Å². The summed E-state index contributed by atoms with van der Waals surface area (Å²) < 4.78 is 4.87. The number of likely N-dealkylation sites (N-methyl/N-ethyl adjacent to an activating group) is 1. The highest BCUT2D eigenvalue weighted by Crippen LogP contribution is 2.40. The molecule has 0 aliphatic carbocycles. The first-order chi connectivity index (χ1) is 9.11. The Balaban J connectivity index is 2.42. The lowest BCUT2D eigenvalue weighted by molar-refractivity contribution is -0.148. The molecular formula is C14H14N2O3. The second-order valence-electron chi connectivity index (χ2n) is 4.29. The van der Waals surface area contributed by atoms with Gasteiger partial charge in [-0.1, -0.05) is 18.2 Å². The van der Waals surface area contributed by atoms with Gasteiger partial charge in [-0.3, -0.25) is 9.59 Å². The molecule has 2 rings (SSSR count). The number of ether oxygens (including phenoxy) is 1. The fraction of sp³-hybridized carbons (Fsp3) is 0.357. The van der Waals surface area contributed by atoms with Crippen molar-refractivity contribution in [3.05, 3.63) is 29.8 Å². The summed E-state index contributed by atoms with van der Waals surface area (Å²) in [5.41, 5.74) is 1.44. The molecule has 1 heterocycles. The quantitative estimate of drug-likeness (QED) is 0.769. The van der Waals surface area contributed by atoms with Crippen molar-refractivity contribution in [1.29, 1.82) is 5.26 Å². The maximum atomic E-state index is 12.2. The number of rotatable bonds is 3. The Bertz CT molecular complexity index is 562. The lowest BCUT2D eigenvalue weighted by atomic mass is 9.88. The van der Waals surface area contributed by atoms with Crippen LogP contribution in [0.3, 0.4) is 0 Å². The van der Waals surface area contributed by atoms with Crippen LogP contribution >= 0.6 is 0 Å². The molecule has 0 radical (unpaired) electrons. The minimum Gasteiger partial charge on any atom is -0.465 e. The third-order valence-corrected chi connectivity index (χ3v) is 3.24. The highest BCUT2D eigenvalue weighted by Gasteiger charge is 2.44. The van der Waals surface area contributed by atoms with Gasteiger partial charge in [-0.25, -0.2) is 0 Å². The van der Waals surface area contributed by atoms with E-state index in [4.69, 9.17) is 4.74 Å². The number of hydrogen-bond acceptors (Lipinski definition) is 4. The molecule has 0 bridgehead atoms. The summed E-state index contributed by atoms with van der Waals surface area (Å²) >= 11 is 0. The van der Waals surface area contributed by atoms with Crippen molar-refractivity contribution in [2.45, 2.75) is 12.8 Å². The molecule has 1 aromatic carbocycles. The summed E-state index contributed by atoms with van der Waals surface area (Å²) in [4.78, 5) is 25.5. The third-order valence-electron chi connectivity index (χ3n) is 3.24. The summed E-state index contributed by atoms with van der Waals surface area (Å²) in [6, 6.07) is 9.07. The Labute approximate surface area is 111 Å². The molecule has 5 heteroatoms. The number of para-hydroxylation sites is 1. The maximum absolute atomic E-state index is 12.2. The molecule has 0 N–H and O–H groups in total. The Hall–Kier alpha value is -2.35. The molecule has 0 spiro atoms. The van der Waals surface area contributed by atoms with Gasteiger partial charge in [-0.05, 0) is 18.6 Å². The predicted molar refractivity (Wildman–Crippen MR) is 68.3 cm³/mol. The van der Waals surface area contributed by atoms with Crippen molar-refractivity contribution < 1.29 is 14.3 Å². The summed E-state index contributed by atoms with van der Waals surface area (Å²) in [7, 11) is 1.64. The zero-order valence-electron chi connectivity index (χ0n) is 10.8. The van der Waals surface area contributed by atoms with Crippen LogP contribution in [0.2, 0.25) is 0 Å². The van der Waals surface area contributed by atoms with Gasteiger partial charge in [0.2, 0.25) is 5.91 Å². The van der Waals surface area contributed by atoms with Crippen LogP contribution in [0.1, 0.15) is 18.4 Å². The average Bonchev–Trinajstić information content (AvgIpc) is 2.66. The molecule has 1 amide bonds. The topological polar surface area (TPSA) is 70.4 Å². The first kappa shape index (κ1) is 13.1. The molecule has 1 aromatic rings. The molecule has 98 valence electrons. The standard InChI is InChI=1S/C14H14N2O3/c1-3-19-14(18)10(8-15)12-9-6-4-5-7-11(9)16(2)13(12)17/h4-7,10,12H,3H2,1-2H3/t10-,12-/m1/s1.